The van der Waals surface area contributed by atoms with Gasteiger partial charge in [0.1, 0.15) is 16.9 Å². The smallest absolute Gasteiger partial charge is 0.351 e. The van der Waals surface area contributed by atoms with Gasteiger partial charge in [-0.3, -0.25) is 0 Å². The van der Waals surface area contributed by atoms with Crippen LogP contribution in [-0.2, 0) is 6.18 Å². The summed E-state index contributed by atoms with van der Waals surface area (Å²) in [7, 11) is 0. The van der Waals surface area contributed by atoms with E-state index in [1.54, 1.807) is 0 Å². The SMILES string of the molecule is Cc1c(F)c(F)c(Nc2ccc(-c3ccc(Nc4c(F)c(F)c(C(F)(F)F)c(F)c4F)cc3)cc2)c(F)c1F.II. The van der Waals surface area contributed by atoms with Crippen LogP contribution in [0.3, 0.4) is 0 Å². The molecule has 4 rings (SSSR count). The molecule has 4 aromatic carbocycles. The van der Waals surface area contributed by atoms with Crippen molar-refractivity contribution in [1.29, 1.82) is 0 Å². The Balaban J connectivity index is 0.00000226. The van der Waals surface area contributed by atoms with Crippen LogP contribution >= 0.6 is 37.2 Å². The molecular formula is C26H13F11I2N2. The van der Waals surface area contributed by atoms with Gasteiger partial charge < -0.3 is 10.6 Å². The van der Waals surface area contributed by atoms with E-state index in [1.165, 1.54) is 48.5 Å². The monoisotopic (exact) mass is 816 g/mol. The van der Waals surface area contributed by atoms with Crippen molar-refractivity contribution in [3.05, 3.63) is 106 Å². The largest absolute Gasteiger partial charge is 0.422 e. The normalized spacial score (nSPS) is 11.2. The zero-order valence-corrected chi connectivity index (χ0v) is 24.3. The molecule has 2 nitrogen and oxygen atoms in total. The van der Waals surface area contributed by atoms with Crippen molar-refractivity contribution in [2.75, 3.05) is 10.6 Å². The van der Waals surface area contributed by atoms with Gasteiger partial charge in [0.05, 0.1) is 0 Å². The van der Waals surface area contributed by atoms with Crippen molar-refractivity contribution in [2.45, 2.75) is 13.1 Å². The Labute approximate surface area is 248 Å². The minimum Gasteiger partial charge on any atom is -0.351 e. The molecule has 41 heavy (non-hydrogen) atoms. The maximum atomic E-state index is 14.1. The summed E-state index contributed by atoms with van der Waals surface area (Å²) in [4.78, 5) is 0. The van der Waals surface area contributed by atoms with Gasteiger partial charge in [-0.2, -0.15) is 13.2 Å². The Morgan fingerprint density at radius 1 is 0.488 bits per heavy atom. The van der Waals surface area contributed by atoms with Gasteiger partial charge in [-0.25, -0.2) is 35.1 Å². The minimum absolute atomic E-state index is 0.0646. The minimum atomic E-state index is -5.67. The summed E-state index contributed by atoms with van der Waals surface area (Å²) in [5, 5.41) is 4.25. The van der Waals surface area contributed by atoms with Crippen molar-refractivity contribution < 1.29 is 48.3 Å². The van der Waals surface area contributed by atoms with Gasteiger partial charge in [-0.1, -0.05) is 24.3 Å². The molecule has 0 aliphatic rings. The molecule has 0 atom stereocenters. The average Bonchev–Trinajstić information content (AvgIpc) is 2.95. The number of alkyl halides is 3. The third-order valence-electron chi connectivity index (χ3n) is 5.67. The van der Waals surface area contributed by atoms with Crippen molar-refractivity contribution >= 4 is 60.0 Å². The van der Waals surface area contributed by atoms with E-state index in [9.17, 15) is 48.3 Å². The van der Waals surface area contributed by atoms with Gasteiger partial charge in [0.15, 0.2) is 46.5 Å². The Kier molecular flexibility index (Phi) is 10.4. The predicted molar refractivity (Wildman–Crippen MR) is 149 cm³/mol. The lowest BCUT2D eigenvalue weighted by Crippen LogP contribution is -2.16. The first-order valence-electron chi connectivity index (χ1n) is 10.9. The Morgan fingerprint density at radius 3 is 1.07 bits per heavy atom. The lowest BCUT2D eigenvalue weighted by Gasteiger charge is -2.15. The second kappa shape index (κ2) is 13.0. The molecule has 0 bridgehead atoms. The third kappa shape index (κ3) is 6.65. The topological polar surface area (TPSA) is 24.1 Å². The molecule has 0 radical (unpaired) electrons. The molecule has 0 heterocycles. The van der Waals surface area contributed by atoms with Crippen LogP contribution in [0.1, 0.15) is 11.1 Å². The fraction of sp³-hybridized carbons (Fsp3) is 0.0769. The fourth-order valence-electron chi connectivity index (χ4n) is 3.62. The Hall–Kier alpha value is -2.83. The van der Waals surface area contributed by atoms with Crippen molar-refractivity contribution in [3.8, 4) is 11.1 Å². The third-order valence-corrected chi connectivity index (χ3v) is 5.67. The second-order valence-corrected chi connectivity index (χ2v) is 8.16. The molecule has 0 unspecified atom stereocenters. The highest BCUT2D eigenvalue weighted by Gasteiger charge is 2.42. The molecule has 0 aliphatic carbocycles. The molecule has 0 aromatic heterocycles. The number of halogens is 13. The van der Waals surface area contributed by atoms with Crippen LogP contribution in [-0.4, -0.2) is 0 Å². The van der Waals surface area contributed by atoms with Crippen LogP contribution in [0.15, 0.2) is 48.5 Å². The molecule has 0 aliphatic heterocycles. The van der Waals surface area contributed by atoms with E-state index in [0.717, 1.165) is 6.92 Å². The molecule has 0 fully saturated rings. The highest BCUT2D eigenvalue weighted by molar-refractivity contribution is 15.0. The zero-order chi connectivity index (χ0) is 30.8. The van der Waals surface area contributed by atoms with Gasteiger partial charge >= 0.3 is 6.18 Å². The molecule has 218 valence electrons. The van der Waals surface area contributed by atoms with Gasteiger partial charge in [0.2, 0.25) is 0 Å². The highest BCUT2D eigenvalue weighted by atomic mass is 128. The van der Waals surface area contributed by atoms with Crippen LogP contribution in [0.2, 0.25) is 0 Å². The van der Waals surface area contributed by atoms with E-state index in [1.807, 2.05) is 5.32 Å². The van der Waals surface area contributed by atoms with E-state index < -0.39 is 75.2 Å². The molecule has 0 amide bonds. The number of hydrogen-bond donors (Lipinski definition) is 2. The first kappa shape index (κ1) is 32.7. The van der Waals surface area contributed by atoms with Crippen LogP contribution in [0.5, 0.6) is 0 Å². The van der Waals surface area contributed by atoms with Crippen molar-refractivity contribution in [3.63, 3.8) is 0 Å². The van der Waals surface area contributed by atoms with Crippen molar-refractivity contribution in [1.82, 2.24) is 0 Å². The summed E-state index contributed by atoms with van der Waals surface area (Å²) < 4.78 is 150. The summed E-state index contributed by atoms with van der Waals surface area (Å²) in [6.07, 6.45) is -5.67. The van der Waals surface area contributed by atoms with Gasteiger partial charge in [-0.05, 0) is 42.3 Å². The molecular weight excluding hydrogens is 803 g/mol. The maximum Gasteiger partial charge on any atom is 0.422 e. The van der Waals surface area contributed by atoms with Gasteiger partial charge in [0.25, 0.3) is 0 Å². The van der Waals surface area contributed by atoms with Crippen LogP contribution in [0.4, 0.5) is 71.0 Å². The fourth-order valence-corrected chi connectivity index (χ4v) is 3.62. The van der Waals surface area contributed by atoms with Crippen LogP contribution in [0, 0.1) is 53.5 Å². The lowest BCUT2D eigenvalue weighted by molar-refractivity contribution is -0.143. The number of benzene rings is 4. The summed E-state index contributed by atoms with van der Waals surface area (Å²) in [6, 6.07) is 10.7. The van der Waals surface area contributed by atoms with Crippen molar-refractivity contribution in [2.24, 2.45) is 0 Å². The maximum absolute atomic E-state index is 14.1. The van der Waals surface area contributed by atoms with Crippen LogP contribution < -0.4 is 10.6 Å². The second-order valence-electron chi connectivity index (χ2n) is 8.16. The summed E-state index contributed by atoms with van der Waals surface area (Å²) in [6.45, 7) is 0.878. The Morgan fingerprint density at radius 2 is 0.780 bits per heavy atom. The predicted octanol–water partition coefficient (Wildman–Crippen LogP) is 11.1. The summed E-state index contributed by atoms with van der Waals surface area (Å²) in [5.41, 5.74) is -5.14. The quantitative estimate of drug-likeness (QED) is 0.119. The molecule has 2 N–H and O–H groups in total. The van der Waals surface area contributed by atoms with Gasteiger partial charge in [0, 0.05) is 54.2 Å². The molecule has 0 saturated heterocycles. The number of nitrogens with one attached hydrogen (secondary N) is 2. The first-order chi connectivity index (χ1) is 19.2. The molecule has 0 spiro atoms. The molecule has 15 heteroatoms. The molecule has 4 aromatic rings. The zero-order valence-electron chi connectivity index (χ0n) is 20.0. The Bertz CT molecular complexity index is 1520. The van der Waals surface area contributed by atoms with Crippen LogP contribution in [0.25, 0.3) is 11.1 Å². The number of hydrogen-bond acceptors (Lipinski definition) is 2. The summed E-state index contributed by atoms with van der Waals surface area (Å²) >= 11 is 4.24. The van der Waals surface area contributed by atoms with E-state index in [-0.39, 0.29) is 11.4 Å². The van der Waals surface area contributed by atoms with Gasteiger partial charge in [-0.15, -0.1) is 0 Å². The average molecular weight is 816 g/mol. The standard InChI is InChI=1S/C26H13F11N2.I2/c1-10-16(27)20(31)24(21(32)17(10)28)38-13-6-2-11(3-7-13)12-4-8-14(9-5-12)39-25-22(33)18(29)15(26(35,36)37)19(30)23(25)34;1-2/h2-9,38-39H,1H3;. The first-order valence-corrected chi connectivity index (χ1v) is 17.2. The molecule has 0 saturated carbocycles. The number of rotatable bonds is 5. The highest BCUT2D eigenvalue weighted by Crippen LogP contribution is 2.39. The lowest BCUT2D eigenvalue weighted by atomic mass is 10.0. The number of anilines is 4. The van der Waals surface area contributed by atoms with E-state index in [2.05, 4.69) is 42.5 Å². The van der Waals surface area contributed by atoms with E-state index >= 15 is 0 Å². The van der Waals surface area contributed by atoms with E-state index in [4.69, 9.17) is 0 Å². The van der Waals surface area contributed by atoms with E-state index in [0.29, 0.717) is 11.1 Å². The summed E-state index contributed by atoms with van der Waals surface area (Å²) in [5.74, 6) is -16.1.